The fourth-order valence-electron chi connectivity index (χ4n) is 3.48. The van der Waals surface area contributed by atoms with E-state index in [1.165, 1.54) is 35.2 Å². The lowest BCUT2D eigenvalue weighted by Gasteiger charge is -2.38. The molecule has 2 atom stereocenters. The maximum absolute atomic E-state index is 13.3. The van der Waals surface area contributed by atoms with Gasteiger partial charge in [-0.05, 0) is 42.3 Å². The normalized spacial score (nSPS) is 19.4. The molecular formula is C20H17BrF4N2O3. The molecule has 0 unspecified atom stereocenters. The molecular weight excluding hydrogens is 472 g/mol. The second kappa shape index (κ2) is 8.63. The highest BCUT2D eigenvalue weighted by molar-refractivity contribution is 9.10. The molecule has 0 radical (unpaired) electrons. The molecule has 1 aliphatic rings. The lowest BCUT2D eigenvalue weighted by atomic mass is 9.86. The maximum atomic E-state index is 13.3. The molecule has 2 amide bonds. The lowest BCUT2D eigenvalue weighted by Crippen LogP contribution is -2.51. The van der Waals surface area contributed by atoms with Crippen molar-refractivity contribution in [2.75, 3.05) is 13.1 Å². The van der Waals surface area contributed by atoms with Crippen molar-refractivity contribution in [3.63, 3.8) is 0 Å². The zero-order valence-electron chi connectivity index (χ0n) is 15.4. The number of hydrogen-bond acceptors (Lipinski definition) is 2. The van der Waals surface area contributed by atoms with Gasteiger partial charge in [-0.2, -0.15) is 13.2 Å². The first-order valence-corrected chi connectivity index (χ1v) is 9.76. The van der Waals surface area contributed by atoms with Crippen LogP contribution < -0.4 is 5.32 Å². The zero-order valence-corrected chi connectivity index (χ0v) is 17.0. The number of benzene rings is 2. The van der Waals surface area contributed by atoms with Gasteiger partial charge in [0.15, 0.2) is 0 Å². The Morgan fingerprint density at radius 2 is 1.80 bits per heavy atom. The highest BCUT2D eigenvalue weighted by atomic mass is 79.9. The van der Waals surface area contributed by atoms with Crippen molar-refractivity contribution in [3.8, 4) is 0 Å². The minimum Gasteiger partial charge on any atom is -0.465 e. The number of carboxylic acid groups (broad SMARTS) is 1. The predicted octanol–water partition coefficient (Wildman–Crippen LogP) is 4.87. The largest absolute Gasteiger partial charge is 0.465 e. The van der Waals surface area contributed by atoms with E-state index in [4.69, 9.17) is 0 Å². The first-order valence-electron chi connectivity index (χ1n) is 8.96. The number of alkyl halides is 3. The van der Waals surface area contributed by atoms with Crippen molar-refractivity contribution in [2.45, 2.75) is 24.6 Å². The Hall–Kier alpha value is -2.62. The summed E-state index contributed by atoms with van der Waals surface area (Å²) in [5, 5.41) is 12.0. The van der Waals surface area contributed by atoms with Crippen LogP contribution in [0.15, 0.2) is 46.9 Å². The van der Waals surface area contributed by atoms with E-state index in [9.17, 15) is 32.3 Å². The molecule has 1 heterocycles. The van der Waals surface area contributed by atoms with E-state index in [2.05, 4.69) is 21.2 Å². The van der Waals surface area contributed by atoms with Gasteiger partial charge in [-0.25, -0.2) is 9.18 Å². The van der Waals surface area contributed by atoms with Gasteiger partial charge >= 0.3 is 12.3 Å². The number of nitrogens with zero attached hydrogens (tertiary/aromatic N) is 1. The number of hydrogen-bond donors (Lipinski definition) is 2. The van der Waals surface area contributed by atoms with Crippen LogP contribution in [0.25, 0.3) is 0 Å². The summed E-state index contributed by atoms with van der Waals surface area (Å²) in [5.41, 5.74) is -0.508. The molecule has 0 aromatic heterocycles. The van der Waals surface area contributed by atoms with Crippen LogP contribution in [0.2, 0.25) is 0 Å². The molecule has 10 heteroatoms. The average molecular weight is 489 g/mol. The molecule has 2 N–H and O–H groups in total. The molecule has 1 fully saturated rings. The third-order valence-electron chi connectivity index (χ3n) is 4.99. The van der Waals surface area contributed by atoms with Crippen molar-refractivity contribution < 1.29 is 32.3 Å². The maximum Gasteiger partial charge on any atom is 0.416 e. The Morgan fingerprint density at radius 1 is 1.13 bits per heavy atom. The fraction of sp³-hybridized carbons (Fsp3) is 0.300. The van der Waals surface area contributed by atoms with Crippen LogP contribution in [-0.4, -0.2) is 41.1 Å². The van der Waals surface area contributed by atoms with Crippen LogP contribution in [0.3, 0.4) is 0 Å². The van der Waals surface area contributed by atoms with Crippen LogP contribution in [0.5, 0.6) is 0 Å². The average Bonchev–Trinajstić information content (AvgIpc) is 2.67. The zero-order chi connectivity index (χ0) is 22.1. The molecule has 0 spiro atoms. The minimum absolute atomic E-state index is 0.0677. The second-order valence-corrected chi connectivity index (χ2v) is 7.90. The first kappa shape index (κ1) is 22.1. The SMILES string of the molecule is O=C(N[C@@H]1CCN(C(=O)O)C[C@H]1c1ccc(F)cc1)c1cc(Br)cc(C(F)(F)F)c1. The topological polar surface area (TPSA) is 69.6 Å². The molecule has 1 saturated heterocycles. The summed E-state index contributed by atoms with van der Waals surface area (Å²) < 4.78 is 52.6. The van der Waals surface area contributed by atoms with Gasteiger partial charge < -0.3 is 15.3 Å². The van der Waals surface area contributed by atoms with E-state index in [1.807, 2.05) is 0 Å². The Kier molecular flexibility index (Phi) is 6.35. The number of amides is 2. The highest BCUT2D eigenvalue weighted by Gasteiger charge is 2.35. The summed E-state index contributed by atoms with van der Waals surface area (Å²) in [4.78, 5) is 25.3. The quantitative estimate of drug-likeness (QED) is 0.605. The van der Waals surface area contributed by atoms with Gasteiger partial charge in [-0.3, -0.25) is 4.79 Å². The Morgan fingerprint density at radius 3 is 2.40 bits per heavy atom. The molecule has 3 rings (SSSR count). The van der Waals surface area contributed by atoms with Crippen LogP contribution >= 0.6 is 15.9 Å². The van der Waals surface area contributed by atoms with E-state index in [1.54, 1.807) is 0 Å². The molecule has 2 aromatic rings. The third kappa shape index (κ3) is 5.10. The van der Waals surface area contributed by atoms with Gasteiger partial charge in [-0.1, -0.05) is 28.1 Å². The third-order valence-corrected chi connectivity index (χ3v) is 5.44. The summed E-state index contributed by atoms with van der Waals surface area (Å²) in [7, 11) is 0. The van der Waals surface area contributed by atoms with E-state index < -0.39 is 41.5 Å². The van der Waals surface area contributed by atoms with E-state index in [0.717, 1.165) is 12.1 Å². The van der Waals surface area contributed by atoms with Crippen molar-refractivity contribution in [2.24, 2.45) is 0 Å². The summed E-state index contributed by atoms with van der Waals surface area (Å²) in [6.45, 7) is 0.225. The Bertz CT molecular complexity index is 950. The Labute approximate surface area is 177 Å². The van der Waals surface area contributed by atoms with Gasteiger partial charge in [0.1, 0.15) is 5.82 Å². The molecule has 2 aromatic carbocycles. The standard InChI is InChI=1S/C20H17BrF4N2O3/c21-14-8-12(7-13(9-14)20(23,24)25)18(28)26-17-5-6-27(19(29)30)10-16(17)11-1-3-15(22)4-2-11/h1-4,7-9,16-17H,5-6,10H2,(H,26,28)(H,29,30)/t16-,17+/m0/s1. The fourth-order valence-corrected chi connectivity index (χ4v) is 3.98. The van der Waals surface area contributed by atoms with Crippen LogP contribution in [0, 0.1) is 5.82 Å². The van der Waals surface area contributed by atoms with E-state index in [0.29, 0.717) is 5.56 Å². The molecule has 5 nitrogen and oxygen atoms in total. The van der Waals surface area contributed by atoms with Crippen molar-refractivity contribution in [3.05, 3.63) is 69.4 Å². The molecule has 160 valence electrons. The van der Waals surface area contributed by atoms with Crippen LogP contribution in [0.4, 0.5) is 22.4 Å². The molecule has 1 aliphatic heterocycles. The summed E-state index contributed by atoms with van der Waals surface area (Å²) in [6.07, 6.45) is -5.46. The molecule has 30 heavy (non-hydrogen) atoms. The van der Waals surface area contributed by atoms with Gasteiger partial charge in [0.05, 0.1) is 5.56 Å². The number of halogens is 5. The lowest BCUT2D eigenvalue weighted by molar-refractivity contribution is -0.137. The van der Waals surface area contributed by atoms with Gasteiger partial charge in [0.2, 0.25) is 0 Å². The summed E-state index contributed by atoms with van der Waals surface area (Å²) in [6, 6.07) is 7.87. The van der Waals surface area contributed by atoms with E-state index >= 15 is 0 Å². The molecule has 0 saturated carbocycles. The molecule has 0 bridgehead atoms. The minimum atomic E-state index is -4.61. The van der Waals surface area contributed by atoms with Crippen molar-refractivity contribution >= 4 is 27.9 Å². The second-order valence-electron chi connectivity index (χ2n) is 6.98. The van der Waals surface area contributed by atoms with Crippen LogP contribution in [0.1, 0.15) is 33.8 Å². The predicted molar refractivity (Wildman–Crippen MR) is 104 cm³/mol. The summed E-state index contributed by atoms with van der Waals surface area (Å²) in [5.74, 6) is -1.64. The number of carbonyl (C=O) groups excluding carboxylic acids is 1. The van der Waals surface area contributed by atoms with Crippen molar-refractivity contribution in [1.29, 1.82) is 0 Å². The van der Waals surface area contributed by atoms with Crippen molar-refractivity contribution in [1.82, 2.24) is 10.2 Å². The highest BCUT2D eigenvalue weighted by Crippen LogP contribution is 2.33. The number of rotatable bonds is 3. The van der Waals surface area contributed by atoms with Gasteiger partial charge in [-0.15, -0.1) is 0 Å². The number of nitrogens with one attached hydrogen (secondary N) is 1. The smallest absolute Gasteiger partial charge is 0.416 e. The van der Waals surface area contributed by atoms with Gasteiger partial charge in [0.25, 0.3) is 5.91 Å². The Balaban J connectivity index is 1.86. The molecule has 0 aliphatic carbocycles. The number of piperidine rings is 1. The number of carbonyl (C=O) groups is 2. The summed E-state index contributed by atoms with van der Waals surface area (Å²) >= 11 is 2.99. The van der Waals surface area contributed by atoms with Gasteiger partial charge in [0, 0.05) is 35.1 Å². The first-order chi connectivity index (χ1) is 14.0. The van der Waals surface area contributed by atoms with E-state index in [-0.39, 0.29) is 29.5 Å². The van der Waals surface area contributed by atoms with Crippen LogP contribution in [-0.2, 0) is 6.18 Å². The monoisotopic (exact) mass is 488 g/mol. The number of likely N-dealkylation sites (tertiary alicyclic amines) is 1.